The molecule has 8 heteroatoms. The fourth-order valence-electron chi connectivity index (χ4n) is 3.73. The Hall–Kier alpha value is -2.64. The summed E-state index contributed by atoms with van der Waals surface area (Å²) in [5, 5.41) is -0.318. The molecule has 5 nitrogen and oxygen atoms in total. The van der Waals surface area contributed by atoms with Crippen molar-refractivity contribution in [3.63, 3.8) is 0 Å². The van der Waals surface area contributed by atoms with Gasteiger partial charge in [0.15, 0.2) is 9.84 Å². The predicted octanol–water partition coefficient (Wildman–Crippen LogP) is 4.48. The van der Waals surface area contributed by atoms with Crippen LogP contribution in [0.25, 0.3) is 11.1 Å². The molecule has 2 aromatic carbocycles. The molecular formula is C22H20ClFN2O3S. The van der Waals surface area contributed by atoms with Gasteiger partial charge in [-0.2, -0.15) is 0 Å². The maximum atomic E-state index is 13.1. The molecule has 0 spiro atoms. The Morgan fingerprint density at radius 1 is 1.07 bits per heavy atom. The average Bonchev–Trinajstić information content (AvgIpc) is 3.15. The van der Waals surface area contributed by atoms with Gasteiger partial charge < -0.3 is 9.88 Å². The summed E-state index contributed by atoms with van der Waals surface area (Å²) in [6.45, 7) is 0.422. The van der Waals surface area contributed by atoms with Crippen LogP contribution in [0.2, 0.25) is 5.02 Å². The molecule has 1 N–H and O–H groups in total. The van der Waals surface area contributed by atoms with E-state index in [0.717, 1.165) is 11.1 Å². The minimum Gasteiger partial charge on any atom is -0.357 e. The van der Waals surface area contributed by atoms with Gasteiger partial charge in [0.2, 0.25) is 0 Å². The molecule has 0 aliphatic carbocycles. The zero-order valence-electron chi connectivity index (χ0n) is 16.0. The summed E-state index contributed by atoms with van der Waals surface area (Å²) in [4.78, 5) is 17.5. The number of carbonyl (C=O) groups is 1. The molecule has 1 aliphatic rings. The highest BCUT2D eigenvalue weighted by Gasteiger charge is 2.34. The molecule has 1 amide bonds. The number of sulfone groups is 1. The smallest absolute Gasteiger partial charge is 0.270 e. The number of aromatic nitrogens is 1. The molecule has 30 heavy (non-hydrogen) atoms. The highest BCUT2D eigenvalue weighted by atomic mass is 35.5. The molecule has 156 valence electrons. The second-order valence-electron chi connectivity index (χ2n) is 7.27. The summed E-state index contributed by atoms with van der Waals surface area (Å²) in [5.74, 6) is -0.719. The van der Waals surface area contributed by atoms with Gasteiger partial charge in [-0.15, -0.1) is 0 Å². The second-order valence-corrected chi connectivity index (χ2v) is 9.98. The zero-order chi connectivity index (χ0) is 21.3. The number of benzene rings is 2. The molecule has 1 fully saturated rings. The van der Waals surface area contributed by atoms with E-state index < -0.39 is 15.1 Å². The van der Waals surface area contributed by atoms with Gasteiger partial charge in [0.1, 0.15) is 11.5 Å². The van der Waals surface area contributed by atoms with E-state index in [-0.39, 0.29) is 30.4 Å². The molecule has 2 heterocycles. The van der Waals surface area contributed by atoms with Crippen molar-refractivity contribution in [1.29, 1.82) is 0 Å². The van der Waals surface area contributed by atoms with Gasteiger partial charge in [-0.05, 0) is 47.4 Å². The fraction of sp³-hybridized carbons (Fsp3) is 0.227. The van der Waals surface area contributed by atoms with E-state index in [9.17, 15) is 17.6 Å². The Bertz CT molecular complexity index is 1180. The van der Waals surface area contributed by atoms with E-state index in [0.29, 0.717) is 22.8 Å². The van der Waals surface area contributed by atoms with Crippen molar-refractivity contribution in [2.24, 2.45) is 0 Å². The van der Waals surface area contributed by atoms with Gasteiger partial charge >= 0.3 is 0 Å². The zero-order valence-corrected chi connectivity index (χ0v) is 17.6. The summed E-state index contributed by atoms with van der Waals surface area (Å²) in [6.07, 6.45) is 1.96. The standard InChI is InChI=1S/C22H20ClFN2O3S/c23-19-4-2-1-3-18(19)21-9-10-26(11-12-30(21,28)29)22(27)20-13-16(14-25-20)15-5-7-17(24)8-6-15/h1-8,13-14,21,25H,9-12H2/t21-/m1/s1. The van der Waals surface area contributed by atoms with E-state index in [1.54, 1.807) is 53.6 Å². The van der Waals surface area contributed by atoms with Gasteiger partial charge in [-0.3, -0.25) is 4.79 Å². The summed E-state index contributed by atoms with van der Waals surface area (Å²) in [6, 6.07) is 14.6. The Kier molecular flexibility index (Phi) is 5.66. The van der Waals surface area contributed by atoms with Crippen LogP contribution in [0.4, 0.5) is 4.39 Å². The maximum absolute atomic E-state index is 13.1. The number of hydrogen-bond donors (Lipinski definition) is 1. The minimum absolute atomic E-state index is 0.118. The Labute approximate surface area is 179 Å². The van der Waals surface area contributed by atoms with Crippen LogP contribution in [0.15, 0.2) is 60.8 Å². The van der Waals surface area contributed by atoms with E-state index in [1.807, 2.05) is 0 Å². The molecule has 3 aromatic rings. The highest BCUT2D eigenvalue weighted by Crippen LogP contribution is 2.34. The van der Waals surface area contributed by atoms with Crippen molar-refractivity contribution in [3.05, 3.63) is 82.9 Å². The quantitative estimate of drug-likeness (QED) is 0.645. The van der Waals surface area contributed by atoms with Crippen LogP contribution in [-0.2, 0) is 9.84 Å². The van der Waals surface area contributed by atoms with Gasteiger partial charge in [-0.25, -0.2) is 12.8 Å². The summed E-state index contributed by atoms with van der Waals surface area (Å²) >= 11 is 6.23. The molecule has 0 saturated carbocycles. The summed E-state index contributed by atoms with van der Waals surface area (Å²) in [5.41, 5.74) is 2.48. The number of halogens is 2. The van der Waals surface area contributed by atoms with Crippen molar-refractivity contribution in [2.45, 2.75) is 11.7 Å². The van der Waals surface area contributed by atoms with E-state index in [1.165, 1.54) is 12.1 Å². The minimum atomic E-state index is -3.45. The first-order chi connectivity index (χ1) is 14.3. The third-order valence-corrected chi connectivity index (χ3v) is 7.82. The molecule has 1 saturated heterocycles. The first-order valence-corrected chi connectivity index (χ1v) is 11.6. The number of H-pyrrole nitrogens is 1. The lowest BCUT2D eigenvalue weighted by atomic mass is 10.1. The normalized spacial score (nSPS) is 18.7. The topological polar surface area (TPSA) is 70.2 Å². The fourth-order valence-corrected chi connectivity index (χ4v) is 5.88. The number of aromatic amines is 1. The Morgan fingerprint density at radius 2 is 1.80 bits per heavy atom. The molecular weight excluding hydrogens is 427 g/mol. The first-order valence-electron chi connectivity index (χ1n) is 9.55. The summed E-state index contributed by atoms with van der Waals surface area (Å²) < 4.78 is 38.8. The van der Waals surface area contributed by atoms with Crippen LogP contribution < -0.4 is 0 Å². The van der Waals surface area contributed by atoms with Gasteiger partial charge in [0.25, 0.3) is 5.91 Å². The average molecular weight is 447 g/mol. The monoisotopic (exact) mass is 446 g/mol. The van der Waals surface area contributed by atoms with E-state index in [4.69, 9.17) is 11.6 Å². The number of hydrogen-bond acceptors (Lipinski definition) is 3. The van der Waals surface area contributed by atoms with Crippen molar-refractivity contribution in [1.82, 2.24) is 9.88 Å². The van der Waals surface area contributed by atoms with E-state index in [2.05, 4.69) is 4.98 Å². The van der Waals surface area contributed by atoms with Gasteiger partial charge in [0.05, 0.1) is 11.0 Å². The SMILES string of the molecule is O=C(c1cc(-c2ccc(F)cc2)c[nH]1)N1CC[C@H](c2ccccc2Cl)S(=O)(=O)CC1. The van der Waals surface area contributed by atoms with Crippen LogP contribution in [0, 0.1) is 5.82 Å². The van der Waals surface area contributed by atoms with Crippen molar-refractivity contribution >= 4 is 27.3 Å². The van der Waals surface area contributed by atoms with Crippen LogP contribution >= 0.6 is 11.6 Å². The molecule has 0 unspecified atom stereocenters. The Balaban J connectivity index is 1.54. The first kappa shape index (κ1) is 20.6. The maximum Gasteiger partial charge on any atom is 0.270 e. The van der Waals surface area contributed by atoms with Crippen molar-refractivity contribution in [3.8, 4) is 11.1 Å². The number of amides is 1. The van der Waals surface area contributed by atoms with E-state index >= 15 is 0 Å². The summed E-state index contributed by atoms with van der Waals surface area (Å²) in [7, 11) is -3.45. The van der Waals surface area contributed by atoms with Crippen LogP contribution in [-0.4, -0.2) is 43.1 Å². The number of nitrogens with zero attached hydrogens (tertiary/aromatic N) is 1. The molecule has 1 aliphatic heterocycles. The lowest BCUT2D eigenvalue weighted by Gasteiger charge is -2.19. The molecule has 4 rings (SSSR count). The van der Waals surface area contributed by atoms with Gasteiger partial charge in [-0.1, -0.05) is 41.9 Å². The molecule has 1 atom stereocenters. The van der Waals surface area contributed by atoms with Crippen molar-refractivity contribution in [2.75, 3.05) is 18.8 Å². The molecule has 0 radical (unpaired) electrons. The largest absolute Gasteiger partial charge is 0.357 e. The predicted molar refractivity (Wildman–Crippen MR) is 115 cm³/mol. The van der Waals surface area contributed by atoms with Gasteiger partial charge in [0, 0.05) is 24.3 Å². The number of nitrogens with one attached hydrogen (secondary N) is 1. The number of rotatable bonds is 3. The highest BCUT2D eigenvalue weighted by molar-refractivity contribution is 7.91. The lowest BCUT2D eigenvalue weighted by Crippen LogP contribution is -2.33. The molecule has 0 bridgehead atoms. The second kappa shape index (κ2) is 8.24. The lowest BCUT2D eigenvalue weighted by molar-refractivity contribution is 0.0761. The Morgan fingerprint density at radius 3 is 2.53 bits per heavy atom. The van der Waals surface area contributed by atoms with Crippen LogP contribution in [0.1, 0.15) is 27.7 Å². The van der Waals surface area contributed by atoms with Crippen LogP contribution in [0.5, 0.6) is 0 Å². The van der Waals surface area contributed by atoms with Crippen LogP contribution in [0.3, 0.4) is 0 Å². The van der Waals surface area contributed by atoms with Crippen molar-refractivity contribution < 1.29 is 17.6 Å². The third-order valence-electron chi connectivity index (χ3n) is 5.37. The third kappa shape index (κ3) is 4.13. The molecule has 1 aromatic heterocycles. The number of carbonyl (C=O) groups excluding carboxylic acids is 1.